The third-order valence-electron chi connectivity index (χ3n) is 7.31. The molecule has 0 spiro atoms. The highest BCUT2D eigenvalue weighted by Gasteiger charge is 2.27. The van der Waals surface area contributed by atoms with Gasteiger partial charge in [-0.1, -0.05) is 13.8 Å². The number of nitrogens with zero attached hydrogens (tertiary/aromatic N) is 9. The first kappa shape index (κ1) is 29.4. The summed E-state index contributed by atoms with van der Waals surface area (Å²) in [5, 5.41) is 22.8. The minimum atomic E-state index is -3.52. The number of pyridine rings is 1. The fraction of sp³-hybridized carbons (Fsp3) is 0.481. The van der Waals surface area contributed by atoms with Crippen LogP contribution >= 0.6 is 0 Å². The summed E-state index contributed by atoms with van der Waals surface area (Å²) in [5.41, 5.74) is 1.40. The first-order valence-corrected chi connectivity index (χ1v) is 15.7. The number of rotatable bonds is 10. The summed E-state index contributed by atoms with van der Waals surface area (Å²) in [5.74, 6) is 1.94. The molecule has 0 aromatic carbocycles. The van der Waals surface area contributed by atoms with Gasteiger partial charge in [-0.25, -0.2) is 23.4 Å². The van der Waals surface area contributed by atoms with Crippen LogP contribution in [0.4, 0.5) is 17.5 Å². The molecule has 4 aromatic rings. The Morgan fingerprint density at radius 2 is 1.86 bits per heavy atom. The van der Waals surface area contributed by atoms with Crippen LogP contribution in [0.2, 0.25) is 0 Å². The number of aliphatic hydroxyl groups is 1. The Balaban J connectivity index is 1.40. The molecule has 1 fully saturated rings. The molecule has 0 aliphatic carbocycles. The van der Waals surface area contributed by atoms with E-state index in [1.807, 2.05) is 10.7 Å². The molecule has 0 bridgehead atoms. The summed E-state index contributed by atoms with van der Waals surface area (Å²) >= 11 is 0. The smallest absolute Gasteiger partial charge is 0.253 e. The van der Waals surface area contributed by atoms with Gasteiger partial charge < -0.3 is 20.2 Å². The molecule has 1 aliphatic heterocycles. The zero-order valence-electron chi connectivity index (χ0n) is 24.2. The Kier molecular flexibility index (Phi) is 8.41. The highest BCUT2D eigenvalue weighted by molar-refractivity contribution is 7.89. The summed E-state index contributed by atoms with van der Waals surface area (Å²) in [6.07, 6.45) is 6.59. The van der Waals surface area contributed by atoms with Gasteiger partial charge in [-0.2, -0.15) is 14.3 Å². The lowest BCUT2D eigenvalue weighted by atomic mass is 10.2. The molecular formula is C27H36N10O4S. The number of hydrogen-bond donors (Lipinski definition) is 2. The second kappa shape index (κ2) is 12.0. The van der Waals surface area contributed by atoms with Crippen molar-refractivity contribution in [2.24, 2.45) is 0 Å². The fourth-order valence-corrected chi connectivity index (χ4v) is 6.02. The molecule has 5 rings (SSSR count). The molecule has 42 heavy (non-hydrogen) atoms. The van der Waals surface area contributed by atoms with Crippen LogP contribution in [0.25, 0.3) is 22.3 Å². The highest BCUT2D eigenvalue weighted by atomic mass is 32.2. The van der Waals surface area contributed by atoms with Crippen molar-refractivity contribution in [2.75, 3.05) is 42.1 Å². The second-order valence-corrected chi connectivity index (χ2v) is 12.4. The van der Waals surface area contributed by atoms with Crippen molar-refractivity contribution in [2.45, 2.75) is 52.7 Å². The van der Waals surface area contributed by atoms with Crippen LogP contribution in [0, 0.1) is 0 Å². The molecule has 224 valence electrons. The third-order valence-corrected chi connectivity index (χ3v) is 9.00. The maximum Gasteiger partial charge on any atom is 0.253 e. The first-order chi connectivity index (χ1) is 20.1. The van der Waals surface area contributed by atoms with Gasteiger partial charge in [-0.15, -0.1) is 0 Å². The number of carbonyl (C=O) groups excluding carboxylic acids is 1. The molecule has 0 radical (unpaired) electrons. The van der Waals surface area contributed by atoms with Gasteiger partial charge in [0.2, 0.25) is 0 Å². The lowest BCUT2D eigenvalue weighted by Crippen LogP contribution is -2.51. The van der Waals surface area contributed by atoms with Crippen molar-refractivity contribution >= 4 is 44.3 Å². The number of carbonyl (C=O) groups is 1. The van der Waals surface area contributed by atoms with Crippen LogP contribution in [-0.2, 0) is 14.8 Å². The fourth-order valence-electron chi connectivity index (χ4n) is 4.85. The maximum absolute atomic E-state index is 12.4. The minimum Gasteiger partial charge on any atom is -0.384 e. The Morgan fingerprint density at radius 3 is 2.55 bits per heavy atom. The molecule has 2 N–H and O–H groups in total. The molecule has 15 heteroatoms. The van der Waals surface area contributed by atoms with Crippen LogP contribution in [0.5, 0.6) is 0 Å². The largest absolute Gasteiger partial charge is 0.384 e. The van der Waals surface area contributed by atoms with Gasteiger partial charge in [0.15, 0.2) is 11.6 Å². The van der Waals surface area contributed by atoms with Gasteiger partial charge in [0.05, 0.1) is 34.6 Å². The zero-order valence-corrected chi connectivity index (χ0v) is 25.0. The van der Waals surface area contributed by atoms with E-state index in [0.717, 1.165) is 27.2 Å². The van der Waals surface area contributed by atoms with Crippen molar-refractivity contribution in [3.63, 3.8) is 0 Å². The predicted octanol–water partition coefficient (Wildman–Crippen LogP) is 2.42. The van der Waals surface area contributed by atoms with E-state index in [4.69, 9.17) is 5.10 Å². The minimum absolute atomic E-state index is 0.00145. The van der Waals surface area contributed by atoms with Crippen LogP contribution in [-0.4, -0.2) is 96.3 Å². The predicted molar refractivity (Wildman–Crippen MR) is 159 cm³/mol. The third kappa shape index (κ3) is 5.92. The van der Waals surface area contributed by atoms with Crippen LogP contribution in [0.3, 0.4) is 0 Å². The number of anilines is 3. The van der Waals surface area contributed by atoms with Gasteiger partial charge >= 0.3 is 0 Å². The molecule has 14 nitrogen and oxygen atoms in total. The van der Waals surface area contributed by atoms with Crippen molar-refractivity contribution in [3.05, 3.63) is 36.9 Å². The highest BCUT2D eigenvalue weighted by Crippen LogP contribution is 2.31. The van der Waals surface area contributed by atoms with E-state index >= 15 is 0 Å². The average molecular weight is 597 g/mol. The molecule has 2 unspecified atom stereocenters. The topological polar surface area (TPSA) is 164 Å². The van der Waals surface area contributed by atoms with E-state index in [-0.39, 0.29) is 17.7 Å². The summed E-state index contributed by atoms with van der Waals surface area (Å²) in [6.45, 7) is 9.73. The van der Waals surface area contributed by atoms with Crippen molar-refractivity contribution in [1.29, 1.82) is 0 Å². The standard InChI is InChI=1S/C27H36N10O4S/c1-5-13-42(40,41)36-17-20(15-30-36)25-28-8-7-23(32-25)31-24-14-22-21(16-29-24)26(33-37(22)18(3)6-2)34-9-11-35(12-10-34)27(39)19(4)38/h7-8,14-19,38H,5-6,9-13H2,1-4H3,(H,28,29,31,32). The van der Waals surface area contributed by atoms with Crippen LogP contribution < -0.4 is 10.2 Å². The van der Waals surface area contributed by atoms with E-state index in [1.165, 1.54) is 19.3 Å². The number of piperazine rings is 1. The molecule has 5 heterocycles. The molecule has 2 atom stereocenters. The number of amides is 1. The van der Waals surface area contributed by atoms with Crippen LogP contribution in [0.1, 0.15) is 46.6 Å². The lowest BCUT2D eigenvalue weighted by molar-refractivity contribution is -0.139. The zero-order chi connectivity index (χ0) is 30.0. The average Bonchev–Trinajstić information content (AvgIpc) is 3.63. The Labute approximate surface area is 244 Å². The van der Waals surface area contributed by atoms with E-state index in [0.29, 0.717) is 55.6 Å². The summed E-state index contributed by atoms with van der Waals surface area (Å²) in [7, 11) is -3.52. The number of fused-ring (bicyclic) bond motifs is 1. The lowest BCUT2D eigenvalue weighted by Gasteiger charge is -2.35. The SMILES string of the molecule is CCCS(=O)(=O)n1cc(-c2nccc(Nc3cc4c(cn3)c(N3CCN(C(=O)C(C)O)CC3)nn4C(C)CC)n2)cn1. The van der Waals surface area contributed by atoms with Gasteiger partial charge in [-0.05, 0) is 32.8 Å². The van der Waals surface area contributed by atoms with E-state index in [2.05, 4.69) is 44.1 Å². The Bertz CT molecular complexity index is 1680. The van der Waals surface area contributed by atoms with Gasteiger partial charge in [0.1, 0.15) is 17.7 Å². The number of nitrogens with one attached hydrogen (secondary N) is 1. The number of aliphatic hydroxyl groups excluding tert-OH is 1. The normalized spacial score (nSPS) is 15.6. The van der Waals surface area contributed by atoms with Gasteiger partial charge in [0, 0.05) is 50.7 Å². The van der Waals surface area contributed by atoms with Crippen molar-refractivity contribution in [1.82, 2.24) is 38.8 Å². The molecule has 0 saturated carbocycles. The summed E-state index contributed by atoms with van der Waals surface area (Å²) < 4.78 is 27.7. The first-order valence-electron chi connectivity index (χ1n) is 14.1. The van der Waals surface area contributed by atoms with Gasteiger partial charge in [-0.3, -0.25) is 9.48 Å². The monoisotopic (exact) mass is 596 g/mol. The van der Waals surface area contributed by atoms with E-state index < -0.39 is 16.1 Å². The molecule has 1 saturated heterocycles. The molecule has 1 amide bonds. The Hall–Kier alpha value is -4.11. The summed E-state index contributed by atoms with van der Waals surface area (Å²) in [6, 6.07) is 3.78. The van der Waals surface area contributed by atoms with Crippen molar-refractivity contribution < 1.29 is 18.3 Å². The Morgan fingerprint density at radius 1 is 1.10 bits per heavy atom. The molecular weight excluding hydrogens is 560 g/mol. The second-order valence-electron chi connectivity index (χ2n) is 10.4. The number of aromatic nitrogens is 7. The van der Waals surface area contributed by atoms with Gasteiger partial charge in [0.25, 0.3) is 15.9 Å². The summed E-state index contributed by atoms with van der Waals surface area (Å²) in [4.78, 5) is 29.5. The van der Waals surface area contributed by atoms with Crippen LogP contribution in [0.15, 0.2) is 36.9 Å². The van der Waals surface area contributed by atoms with Crippen molar-refractivity contribution in [3.8, 4) is 11.4 Å². The molecule has 1 aliphatic rings. The van der Waals surface area contributed by atoms with E-state index in [1.54, 1.807) is 30.3 Å². The quantitative estimate of drug-likeness (QED) is 0.276. The molecule has 4 aromatic heterocycles. The van der Waals surface area contributed by atoms with E-state index in [9.17, 15) is 18.3 Å². The maximum atomic E-state index is 12.4. The number of hydrogen-bond acceptors (Lipinski definition) is 11.